The van der Waals surface area contributed by atoms with E-state index in [1.807, 2.05) is 30.3 Å². The van der Waals surface area contributed by atoms with Crippen LogP contribution in [0.1, 0.15) is 22.8 Å². The van der Waals surface area contributed by atoms with Crippen molar-refractivity contribution in [3.8, 4) is 0 Å². The first-order valence-electron chi connectivity index (χ1n) is 7.05. The molecular weight excluding hydrogens is 316 g/mol. The molecule has 0 unspecified atom stereocenters. The van der Waals surface area contributed by atoms with Crippen LogP contribution in [0.5, 0.6) is 0 Å². The summed E-state index contributed by atoms with van der Waals surface area (Å²) in [5, 5.41) is 3.07. The Morgan fingerprint density at radius 3 is 2.57 bits per heavy atom. The molecule has 0 fully saturated rings. The summed E-state index contributed by atoms with van der Waals surface area (Å²) in [4.78, 5) is 24.0. The number of hydrogen-bond donors (Lipinski definition) is 2. The normalized spacial score (nSPS) is 11.6. The topological polar surface area (TPSA) is 81.4 Å². The van der Waals surface area contributed by atoms with Gasteiger partial charge in [0.25, 0.3) is 5.91 Å². The Balaban J connectivity index is 1.89. The molecule has 0 aliphatic rings. The van der Waals surface area contributed by atoms with Gasteiger partial charge in [-0.15, -0.1) is 0 Å². The van der Waals surface area contributed by atoms with E-state index in [0.29, 0.717) is 11.6 Å². The van der Waals surface area contributed by atoms with Crippen LogP contribution in [0.4, 0.5) is 5.69 Å². The number of hydrogen-bond acceptors (Lipinski definition) is 4. The minimum atomic E-state index is -0.914. The molecule has 0 radical (unpaired) electrons. The van der Waals surface area contributed by atoms with E-state index in [-0.39, 0.29) is 17.2 Å². The quantitative estimate of drug-likeness (QED) is 0.651. The number of benzene rings is 2. The fourth-order valence-corrected chi connectivity index (χ4v) is 2.00. The van der Waals surface area contributed by atoms with Crippen LogP contribution in [0.2, 0.25) is 5.02 Å². The van der Waals surface area contributed by atoms with Crippen LogP contribution in [0.3, 0.4) is 0 Å². The first-order valence-corrected chi connectivity index (χ1v) is 7.43. The van der Waals surface area contributed by atoms with Crippen molar-refractivity contribution >= 4 is 29.2 Å². The van der Waals surface area contributed by atoms with E-state index < -0.39 is 12.1 Å². The van der Waals surface area contributed by atoms with E-state index in [1.54, 1.807) is 0 Å². The fraction of sp³-hybridized carbons (Fsp3) is 0.176. The highest BCUT2D eigenvalue weighted by atomic mass is 35.5. The number of nitrogen functional groups attached to an aromatic ring is 1. The molecule has 120 valence electrons. The molecule has 2 aromatic rings. The second-order valence-corrected chi connectivity index (χ2v) is 5.39. The predicted molar refractivity (Wildman–Crippen MR) is 89.0 cm³/mol. The molecule has 5 nitrogen and oxygen atoms in total. The van der Waals surface area contributed by atoms with Gasteiger partial charge in [-0.2, -0.15) is 0 Å². The van der Waals surface area contributed by atoms with Gasteiger partial charge in [0.1, 0.15) is 0 Å². The number of rotatable bonds is 5. The monoisotopic (exact) mass is 332 g/mol. The lowest BCUT2D eigenvalue weighted by Gasteiger charge is -2.14. The Labute approximate surface area is 139 Å². The predicted octanol–water partition coefficient (Wildman–Crippen LogP) is 2.78. The largest absolute Gasteiger partial charge is 0.449 e. The second kappa shape index (κ2) is 7.65. The third-order valence-electron chi connectivity index (χ3n) is 3.19. The summed E-state index contributed by atoms with van der Waals surface area (Å²) in [5.74, 6) is -1.00. The van der Waals surface area contributed by atoms with Crippen molar-refractivity contribution in [2.75, 3.05) is 5.73 Å². The maximum atomic E-state index is 12.0. The molecule has 0 heterocycles. The minimum Gasteiger partial charge on any atom is -0.449 e. The molecule has 0 aromatic heterocycles. The minimum absolute atomic E-state index is 0.245. The molecule has 2 aromatic carbocycles. The average molecular weight is 333 g/mol. The summed E-state index contributed by atoms with van der Waals surface area (Å²) in [7, 11) is 0. The molecule has 1 amide bonds. The number of carbonyl (C=O) groups excluding carboxylic acids is 2. The van der Waals surface area contributed by atoms with Crippen LogP contribution in [-0.4, -0.2) is 18.0 Å². The highest BCUT2D eigenvalue weighted by molar-refractivity contribution is 6.33. The van der Waals surface area contributed by atoms with Crippen molar-refractivity contribution < 1.29 is 14.3 Å². The summed E-state index contributed by atoms with van der Waals surface area (Å²) in [5.41, 5.74) is 7.13. The summed E-state index contributed by atoms with van der Waals surface area (Å²) < 4.78 is 5.13. The highest BCUT2D eigenvalue weighted by Gasteiger charge is 2.19. The first-order chi connectivity index (χ1) is 11.0. The van der Waals surface area contributed by atoms with Crippen molar-refractivity contribution in [1.82, 2.24) is 5.32 Å². The van der Waals surface area contributed by atoms with Gasteiger partial charge in [0, 0.05) is 6.54 Å². The highest BCUT2D eigenvalue weighted by Crippen LogP contribution is 2.20. The van der Waals surface area contributed by atoms with Crippen LogP contribution >= 0.6 is 11.6 Å². The summed E-state index contributed by atoms with van der Waals surface area (Å²) in [6, 6.07) is 13.9. The number of anilines is 1. The van der Waals surface area contributed by atoms with Gasteiger partial charge in [-0.05, 0) is 30.7 Å². The zero-order valence-electron chi connectivity index (χ0n) is 12.6. The van der Waals surface area contributed by atoms with Gasteiger partial charge in [0.05, 0.1) is 16.3 Å². The van der Waals surface area contributed by atoms with Gasteiger partial charge in [-0.3, -0.25) is 4.79 Å². The fourth-order valence-electron chi connectivity index (χ4n) is 1.88. The molecule has 0 aliphatic carbocycles. The number of nitrogens with one attached hydrogen (secondary N) is 1. The van der Waals surface area contributed by atoms with Gasteiger partial charge in [-0.1, -0.05) is 41.9 Å². The lowest BCUT2D eigenvalue weighted by atomic mass is 10.2. The van der Waals surface area contributed by atoms with Crippen molar-refractivity contribution in [2.24, 2.45) is 0 Å². The zero-order chi connectivity index (χ0) is 16.8. The lowest BCUT2D eigenvalue weighted by molar-refractivity contribution is -0.129. The maximum absolute atomic E-state index is 12.0. The van der Waals surface area contributed by atoms with E-state index in [4.69, 9.17) is 22.1 Å². The van der Waals surface area contributed by atoms with Crippen molar-refractivity contribution in [3.63, 3.8) is 0 Å². The van der Waals surface area contributed by atoms with Crippen molar-refractivity contribution in [3.05, 3.63) is 64.7 Å². The van der Waals surface area contributed by atoms with Gasteiger partial charge < -0.3 is 15.8 Å². The van der Waals surface area contributed by atoms with Gasteiger partial charge in [-0.25, -0.2) is 4.79 Å². The number of carbonyl (C=O) groups is 2. The van der Waals surface area contributed by atoms with E-state index >= 15 is 0 Å². The zero-order valence-corrected chi connectivity index (χ0v) is 13.3. The Morgan fingerprint density at radius 1 is 1.22 bits per heavy atom. The molecular formula is C17H17ClN2O3. The molecule has 0 aliphatic heterocycles. The molecule has 0 spiro atoms. The molecule has 0 saturated carbocycles. The van der Waals surface area contributed by atoms with E-state index in [9.17, 15) is 9.59 Å². The number of amides is 1. The molecule has 23 heavy (non-hydrogen) atoms. The first kappa shape index (κ1) is 16.8. The number of halogens is 1. The molecule has 2 rings (SSSR count). The van der Waals surface area contributed by atoms with Gasteiger partial charge in [0.15, 0.2) is 6.10 Å². The van der Waals surface area contributed by atoms with Crippen molar-refractivity contribution in [1.29, 1.82) is 0 Å². The van der Waals surface area contributed by atoms with Crippen LogP contribution in [-0.2, 0) is 16.1 Å². The average Bonchev–Trinajstić information content (AvgIpc) is 2.55. The molecule has 0 bridgehead atoms. The van der Waals surface area contributed by atoms with Gasteiger partial charge in [0.2, 0.25) is 0 Å². The van der Waals surface area contributed by atoms with Crippen molar-refractivity contribution in [2.45, 2.75) is 19.6 Å². The number of ether oxygens (including phenoxy) is 1. The number of nitrogens with two attached hydrogens (primary N) is 1. The second-order valence-electron chi connectivity index (χ2n) is 4.99. The Bertz CT molecular complexity index is 704. The molecule has 3 N–H and O–H groups in total. The Kier molecular flexibility index (Phi) is 5.60. The van der Waals surface area contributed by atoms with Crippen LogP contribution in [0, 0.1) is 0 Å². The van der Waals surface area contributed by atoms with Crippen LogP contribution in [0.15, 0.2) is 48.5 Å². The lowest BCUT2D eigenvalue weighted by Crippen LogP contribution is -2.35. The summed E-state index contributed by atoms with van der Waals surface area (Å²) >= 11 is 5.80. The Hall–Kier alpha value is -2.53. The molecule has 1 atom stereocenters. The van der Waals surface area contributed by atoms with Gasteiger partial charge >= 0.3 is 5.97 Å². The van der Waals surface area contributed by atoms with E-state index in [1.165, 1.54) is 25.1 Å². The van der Waals surface area contributed by atoms with E-state index in [0.717, 1.165) is 5.56 Å². The maximum Gasteiger partial charge on any atom is 0.338 e. The Morgan fingerprint density at radius 2 is 1.91 bits per heavy atom. The molecule has 0 saturated heterocycles. The smallest absolute Gasteiger partial charge is 0.338 e. The van der Waals surface area contributed by atoms with E-state index in [2.05, 4.69) is 5.32 Å². The third-order valence-corrected chi connectivity index (χ3v) is 3.54. The summed E-state index contributed by atoms with van der Waals surface area (Å²) in [6.45, 7) is 1.88. The number of esters is 1. The third kappa shape index (κ3) is 4.72. The van der Waals surface area contributed by atoms with Crippen LogP contribution < -0.4 is 11.1 Å². The standard InChI is InChI=1S/C17H17ClN2O3/c1-11(16(21)20-10-12-5-3-2-4-6-12)23-17(22)13-7-8-14(18)15(19)9-13/h2-9,11H,10,19H2,1H3,(H,20,21)/t11-/m0/s1. The van der Waals surface area contributed by atoms with Crippen LogP contribution in [0.25, 0.3) is 0 Å². The SMILES string of the molecule is C[C@H](OC(=O)c1ccc(Cl)c(N)c1)C(=O)NCc1ccccc1. The summed E-state index contributed by atoms with van der Waals surface area (Å²) in [6.07, 6.45) is -0.914. The molecule has 6 heteroatoms.